The minimum atomic E-state index is -3.99. The number of amides is 1. The lowest BCUT2D eigenvalue weighted by atomic mass is 10.2. The second-order valence-electron chi connectivity index (χ2n) is 9.91. The number of hydrogen-bond acceptors (Lipinski definition) is 5. The topological polar surface area (TPSA) is 93.5 Å². The van der Waals surface area contributed by atoms with E-state index in [2.05, 4.69) is 10.3 Å². The predicted molar refractivity (Wildman–Crippen MR) is 151 cm³/mol. The number of ether oxygens (including phenoxy) is 1. The first kappa shape index (κ1) is 27.7. The van der Waals surface area contributed by atoms with E-state index in [1.165, 1.54) is 18.2 Å². The van der Waals surface area contributed by atoms with Crippen molar-refractivity contribution in [2.24, 2.45) is 0 Å². The molecular formula is C30H31FN4O4S. The van der Waals surface area contributed by atoms with Crippen LogP contribution in [0.2, 0.25) is 0 Å². The third-order valence-electron chi connectivity index (χ3n) is 6.87. The molecule has 1 amide bonds. The number of aryl methyl sites for hydroxylation is 2. The minimum Gasteiger partial charge on any atom is -0.377 e. The van der Waals surface area contributed by atoms with Crippen molar-refractivity contribution in [3.05, 3.63) is 95.9 Å². The molecule has 10 heteroatoms. The van der Waals surface area contributed by atoms with E-state index in [1.54, 1.807) is 42.0 Å². The molecule has 3 aromatic carbocycles. The zero-order valence-corrected chi connectivity index (χ0v) is 23.2. The molecule has 1 N–H and O–H groups in total. The number of carbonyl (C=O) groups excluding carboxylic acids is 1. The second kappa shape index (κ2) is 11.7. The number of carbonyl (C=O) groups is 1. The van der Waals surface area contributed by atoms with Gasteiger partial charge in [0.25, 0.3) is 0 Å². The maximum atomic E-state index is 14.5. The largest absolute Gasteiger partial charge is 0.377 e. The van der Waals surface area contributed by atoms with Crippen molar-refractivity contribution in [3.8, 4) is 16.9 Å². The average Bonchev–Trinajstić information content (AvgIpc) is 3.61. The maximum absolute atomic E-state index is 14.5. The molecule has 40 heavy (non-hydrogen) atoms. The van der Waals surface area contributed by atoms with Gasteiger partial charge in [0, 0.05) is 24.9 Å². The summed E-state index contributed by atoms with van der Waals surface area (Å²) in [6, 6.07) is 20.7. The Morgan fingerprint density at radius 3 is 2.52 bits per heavy atom. The summed E-state index contributed by atoms with van der Waals surface area (Å²) in [6.45, 7) is 3.71. The van der Waals surface area contributed by atoms with Crippen LogP contribution in [0.15, 0.2) is 83.9 Å². The van der Waals surface area contributed by atoms with Crippen LogP contribution in [0.3, 0.4) is 0 Å². The Labute approximate surface area is 233 Å². The SMILES string of the molecule is Cc1ccc(S(=O)(=O)N(CC(=O)Nc2nc(-c3ccccc3)cn2-c2ccc(C)c(F)c2)C[C@H]2CCCO2)cc1. The van der Waals surface area contributed by atoms with E-state index in [0.29, 0.717) is 30.0 Å². The van der Waals surface area contributed by atoms with Crippen molar-refractivity contribution < 1.29 is 22.3 Å². The summed E-state index contributed by atoms with van der Waals surface area (Å²) < 4.78 is 50.1. The summed E-state index contributed by atoms with van der Waals surface area (Å²) in [7, 11) is -3.99. The molecule has 2 heterocycles. The van der Waals surface area contributed by atoms with Gasteiger partial charge in [0.15, 0.2) is 0 Å². The van der Waals surface area contributed by atoms with Crippen molar-refractivity contribution in [2.45, 2.75) is 37.7 Å². The molecular weight excluding hydrogens is 531 g/mol. The first-order valence-corrected chi connectivity index (χ1v) is 14.5. The van der Waals surface area contributed by atoms with Crippen molar-refractivity contribution >= 4 is 21.9 Å². The lowest BCUT2D eigenvalue weighted by Gasteiger charge is -2.24. The van der Waals surface area contributed by atoms with Gasteiger partial charge >= 0.3 is 0 Å². The first-order valence-electron chi connectivity index (χ1n) is 13.1. The van der Waals surface area contributed by atoms with Crippen LogP contribution in [0.4, 0.5) is 10.3 Å². The third kappa shape index (κ3) is 6.14. The van der Waals surface area contributed by atoms with Gasteiger partial charge < -0.3 is 4.74 Å². The fourth-order valence-electron chi connectivity index (χ4n) is 4.59. The molecule has 1 saturated heterocycles. The number of benzene rings is 3. The molecule has 0 spiro atoms. The Bertz CT molecular complexity index is 1600. The molecule has 0 aliphatic carbocycles. The van der Waals surface area contributed by atoms with Crippen molar-refractivity contribution in [2.75, 3.05) is 25.0 Å². The fraction of sp³-hybridized carbons (Fsp3) is 0.267. The Kier molecular flexibility index (Phi) is 8.11. The highest BCUT2D eigenvalue weighted by Crippen LogP contribution is 2.26. The molecule has 1 aliphatic rings. The van der Waals surface area contributed by atoms with Gasteiger partial charge in [0.2, 0.25) is 21.9 Å². The number of rotatable bonds is 9. The lowest BCUT2D eigenvalue weighted by molar-refractivity contribution is -0.116. The molecule has 0 bridgehead atoms. The summed E-state index contributed by atoms with van der Waals surface area (Å²) in [5.74, 6) is -0.818. The Hall–Kier alpha value is -3.86. The highest BCUT2D eigenvalue weighted by atomic mass is 32.2. The quantitative estimate of drug-likeness (QED) is 0.306. The van der Waals surface area contributed by atoms with Crippen LogP contribution in [0.25, 0.3) is 16.9 Å². The van der Waals surface area contributed by atoms with Crippen LogP contribution in [-0.4, -0.2) is 54.0 Å². The average molecular weight is 563 g/mol. The summed E-state index contributed by atoms with van der Waals surface area (Å²) in [5.41, 5.74) is 3.27. The van der Waals surface area contributed by atoms with Crippen molar-refractivity contribution in [3.63, 3.8) is 0 Å². The number of halogens is 1. The molecule has 0 radical (unpaired) electrons. The van der Waals surface area contributed by atoms with Gasteiger partial charge in [-0.25, -0.2) is 17.8 Å². The van der Waals surface area contributed by atoms with E-state index in [4.69, 9.17) is 4.74 Å². The zero-order valence-electron chi connectivity index (χ0n) is 22.4. The first-order chi connectivity index (χ1) is 19.2. The van der Waals surface area contributed by atoms with E-state index >= 15 is 0 Å². The van der Waals surface area contributed by atoms with Gasteiger partial charge in [-0.3, -0.25) is 14.7 Å². The van der Waals surface area contributed by atoms with E-state index < -0.39 is 28.3 Å². The van der Waals surface area contributed by atoms with Crippen molar-refractivity contribution in [1.29, 1.82) is 0 Å². The molecule has 208 valence electrons. The fourth-order valence-corrected chi connectivity index (χ4v) is 6.02. The third-order valence-corrected chi connectivity index (χ3v) is 8.70. The number of aromatic nitrogens is 2. The molecule has 1 aliphatic heterocycles. The number of nitrogens with one attached hydrogen (secondary N) is 1. The lowest BCUT2D eigenvalue weighted by Crippen LogP contribution is -2.42. The van der Waals surface area contributed by atoms with Crippen LogP contribution < -0.4 is 5.32 Å². The van der Waals surface area contributed by atoms with E-state index in [1.807, 2.05) is 37.3 Å². The molecule has 5 rings (SSSR count). The maximum Gasteiger partial charge on any atom is 0.243 e. The van der Waals surface area contributed by atoms with Crippen LogP contribution in [0.1, 0.15) is 24.0 Å². The summed E-state index contributed by atoms with van der Waals surface area (Å²) in [5, 5.41) is 2.76. The van der Waals surface area contributed by atoms with Crippen LogP contribution in [-0.2, 0) is 19.6 Å². The molecule has 4 aromatic rings. The van der Waals surface area contributed by atoms with Gasteiger partial charge in [0.05, 0.1) is 28.9 Å². The molecule has 0 unspecified atom stereocenters. The normalized spacial score (nSPS) is 15.4. The van der Waals surface area contributed by atoms with Crippen LogP contribution >= 0.6 is 0 Å². The predicted octanol–water partition coefficient (Wildman–Crippen LogP) is 5.10. The van der Waals surface area contributed by atoms with Gasteiger partial charge in [-0.2, -0.15) is 4.31 Å². The molecule has 0 saturated carbocycles. The minimum absolute atomic E-state index is 0.0521. The van der Waals surface area contributed by atoms with Crippen LogP contribution in [0.5, 0.6) is 0 Å². The number of anilines is 1. The van der Waals surface area contributed by atoms with E-state index in [-0.39, 0.29) is 23.5 Å². The summed E-state index contributed by atoms with van der Waals surface area (Å²) in [4.78, 5) is 18.1. The molecule has 8 nitrogen and oxygen atoms in total. The monoisotopic (exact) mass is 562 g/mol. The van der Waals surface area contributed by atoms with E-state index in [9.17, 15) is 17.6 Å². The number of hydrogen-bond donors (Lipinski definition) is 1. The summed E-state index contributed by atoms with van der Waals surface area (Å²) >= 11 is 0. The number of nitrogens with zero attached hydrogens (tertiary/aromatic N) is 3. The van der Waals surface area contributed by atoms with Crippen LogP contribution in [0, 0.1) is 19.7 Å². The second-order valence-corrected chi connectivity index (χ2v) is 11.9. The number of sulfonamides is 1. The zero-order chi connectivity index (χ0) is 28.3. The molecule has 1 fully saturated rings. The smallest absolute Gasteiger partial charge is 0.243 e. The van der Waals surface area contributed by atoms with Crippen molar-refractivity contribution in [1.82, 2.24) is 13.9 Å². The highest BCUT2D eigenvalue weighted by Gasteiger charge is 2.31. The Morgan fingerprint density at radius 1 is 1.10 bits per heavy atom. The Balaban J connectivity index is 1.45. The number of imidazole rings is 1. The molecule has 1 atom stereocenters. The standard InChI is InChI=1S/C30H31FN4O4S/c1-21-10-14-26(15-11-21)40(37,38)34(18-25-9-6-16-39-25)20-29(36)33-30-32-28(23-7-4-3-5-8-23)19-35(30)24-13-12-22(2)27(31)17-24/h3-5,7-8,10-15,17,19,25H,6,9,16,18,20H2,1-2H3,(H,32,33,36)/t25-/m1/s1. The van der Waals surface area contributed by atoms with Gasteiger partial charge in [-0.1, -0.05) is 54.1 Å². The van der Waals surface area contributed by atoms with Gasteiger partial charge in [-0.05, 0) is 56.5 Å². The van der Waals surface area contributed by atoms with E-state index in [0.717, 1.165) is 21.9 Å². The molecule has 1 aromatic heterocycles. The van der Waals surface area contributed by atoms with Gasteiger partial charge in [0.1, 0.15) is 5.82 Å². The summed E-state index contributed by atoms with van der Waals surface area (Å²) in [6.07, 6.45) is 2.96. The van der Waals surface area contributed by atoms with Gasteiger partial charge in [-0.15, -0.1) is 0 Å². The highest BCUT2D eigenvalue weighted by molar-refractivity contribution is 7.89. The Morgan fingerprint density at radius 2 is 1.85 bits per heavy atom.